The third-order valence-corrected chi connectivity index (χ3v) is 2.45. The van der Waals surface area contributed by atoms with Crippen LogP contribution in [0.25, 0.3) is 0 Å². The molecule has 0 saturated carbocycles. The Morgan fingerprint density at radius 3 is 2.53 bits per heavy atom. The van der Waals surface area contributed by atoms with Gasteiger partial charge in [0.1, 0.15) is 0 Å². The molecule has 17 heavy (non-hydrogen) atoms. The van der Waals surface area contributed by atoms with Crippen LogP contribution in [0.15, 0.2) is 65.9 Å². The van der Waals surface area contributed by atoms with Crippen LogP contribution in [0.5, 0.6) is 0 Å². The number of carbonyl (C=O) groups excluding carboxylic acids is 1. The van der Waals surface area contributed by atoms with E-state index >= 15 is 0 Å². The lowest BCUT2D eigenvalue weighted by molar-refractivity contribution is -0.111. The predicted octanol–water partition coefficient (Wildman–Crippen LogP) is 2.85. The molecular weight excluding hydrogens is 214 g/mol. The maximum atomic E-state index is 11.6. The van der Waals surface area contributed by atoms with Crippen molar-refractivity contribution < 1.29 is 10.0 Å². The topological polar surface area (TPSA) is 40.5 Å². The van der Waals surface area contributed by atoms with E-state index in [0.29, 0.717) is 11.3 Å². The molecule has 0 radical (unpaired) electrons. The summed E-state index contributed by atoms with van der Waals surface area (Å²) in [5, 5.41) is 10.8. The van der Waals surface area contributed by atoms with Gasteiger partial charge in [-0.3, -0.25) is 10.0 Å². The first-order chi connectivity index (χ1) is 8.16. The average Bonchev–Trinajstić information content (AvgIpc) is 2.34. The molecule has 1 aromatic rings. The molecule has 0 heterocycles. The summed E-state index contributed by atoms with van der Waals surface area (Å²) in [6, 6.07) is 9.02. The normalized spacial score (nSPS) is 17.2. The van der Waals surface area contributed by atoms with Crippen molar-refractivity contribution in [1.29, 1.82) is 0 Å². The van der Waals surface area contributed by atoms with E-state index in [0.717, 1.165) is 10.6 Å². The van der Waals surface area contributed by atoms with E-state index in [4.69, 9.17) is 0 Å². The molecule has 1 N–H and O–H groups in total. The summed E-state index contributed by atoms with van der Waals surface area (Å²) >= 11 is 0. The molecule has 0 amide bonds. The van der Waals surface area contributed by atoms with Crippen LogP contribution in [0, 0.1) is 0 Å². The van der Waals surface area contributed by atoms with Gasteiger partial charge in [-0.25, -0.2) is 5.06 Å². The van der Waals surface area contributed by atoms with Crippen molar-refractivity contribution in [2.45, 2.75) is 6.92 Å². The lowest BCUT2D eigenvalue weighted by Gasteiger charge is -2.13. The summed E-state index contributed by atoms with van der Waals surface area (Å²) in [6.45, 7) is 1.86. The highest BCUT2D eigenvalue weighted by molar-refractivity contribution is 6.08. The van der Waals surface area contributed by atoms with Crippen LogP contribution < -0.4 is 5.06 Å². The van der Waals surface area contributed by atoms with Crippen molar-refractivity contribution in [2.24, 2.45) is 0 Å². The van der Waals surface area contributed by atoms with Crippen molar-refractivity contribution >= 4 is 11.5 Å². The molecule has 3 nitrogen and oxygen atoms in total. The third kappa shape index (κ3) is 2.71. The van der Waals surface area contributed by atoms with Gasteiger partial charge in [0.05, 0.1) is 5.69 Å². The molecule has 0 aromatic heterocycles. The summed E-state index contributed by atoms with van der Waals surface area (Å²) in [5.74, 6) is -0.0972. The van der Waals surface area contributed by atoms with Crippen LogP contribution in [-0.4, -0.2) is 11.0 Å². The van der Waals surface area contributed by atoms with Crippen molar-refractivity contribution in [3.05, 3.63) is 65.9 Å². The van der Waals surface area contributed by atoms with E-state index < -0.39 is 0 Å². The second-order valence-corrected chi connectivity index (χ2v) is 3.85. The zero-order chi connectivity index (χ0) is 12.3. The van der Waals surface area contributed by atoms with Gasteiger partial charge in [0.15, 0.2) is 5.78 Å². The van der Waals surface area contributed by atoms with Crippen molar-refractivity contribution in [3.63, 3.8) is 0 Å². The van der Waals surface area contributed by atoms with E-state index in [1.54, 1.807) is 24.3 Å². The lowest BCUT2D eigenvalue weighted by atomic mass is 10.0. The Kier molecular flexibility index (Phi) is 3.21. The van der Waals surface area contributed by atoms with Gasteiger partial charge >= 0.3 is 0 Å². The van der Waals surface area contributed by atoms with Gasteiger partial charge in [-0.1, -0.05) is 24.3 Å². The van der Waals surface area contributed by atoms with Crippen LogP contribution in [-0.2, 0) is 4.79 Å². The van der Waals surface area contributed by atoms with Crippen molar-refractivity contribution in [1.82, 2.24) is 0 Å². The second kappa shape index (κ2) is 4.80. The minimum absolute atomic E-state index is 0.0972. The van der Waals surface area contributed by atoms with E-state index in [2.05, 4.69) is 0 Å². The predicted molar refractivity (Wildman–Crippen MR) is 66.7 cm³/mol. The minimum Gasteiger partial charge on any atom is -0.289 e. The Morgan fingerprint density at radius 2 is 1.88 bits per heavy atom. The summed E-state index contributed by atoms with van der Waals surface area (Å²) in [7, 11) is 0. The minimum atomic E-state index is -0.0972. The molecule has 86 valence electrons. The molecule has 0 aliphatic heterocycles. The van der Waals surface area contributed by atoms with Crippen LogP contribution >= 0.6 is 0 Å². The smallest absolute Gasteiger partial charge is 0.187 e. The van der Waals surface area contributed by atoms with E-state index in [1.807, 2.05) is 31.2 Å². The Hall–Kier alpha value is -2.13. The number of anilines is 1. The number of hydrogen-bond acceptors (Lipinski definition) is 3. The molecule has 0 atom stereocenters. The fraction of sp³-hybridized carbons (Fsp3) is 0.0714. The van der Waals surface area contributed by atoms with Crippen LogP contribution in [0.3, 0.4) is 0 Å². The Morgan fingerprint density at radius 1 is 1.18 bits per heavy atom. The number of hydrogen-bond donors (Lipinski definition) is 1. The number of hydroxylamine groups is 1. The molecule has 2 rings (SSSR count). The molecule has 0 fully saturated rings. The molecule has 0 spiro atoms. The van der Waals surface area contributed by atoms with Crippen LogP contribution in [0.2, 0.25) is 0 Å². The Labute approximate surface area is 99.9 Å². The quantitative estimate of drug-likeness (QED) is 0.624. The fourth-order valence-electron chi connectivity index (χ4n) is 1.54. The highest BCUT2D eigenvalue weighted by Gasteiger charge is 2.10. The molecule has 0 saturated heterocycles. The van der Waals surface area contributed by atoms with E-state index in [-0.39, 0.29) is 5.78 Å². The van der Waals surface area contributed by atoms with Gasteiger partial charge < -0.3 is 0 Å². The number of benzene rings is 1. The van der Waals surface area contributed by atoms with Gasteiger partial charge in [-0.05, 0) is 36.8 Å². The van der Waals surface area contributed by atoms with Crippen molar-refractivity contribution in [3.8, 4) is 0 Å². The summed E-state index contributed by atoms with van der Waals surface area (Å²) < 4.78 is 0. The van der Waals surface area contributed by atoms with Crippen LogP contribution in [0.1, 0.15) is 6.92 Å². The molecule has 1 aliphatic rings. The first-order valence-corrected chi connectivity index (χ1v) is 5.32. The first kappa shape index (κ1) is 11.4. The SMILES string of the molecule is CC1=CC(=O)C(=CN(O)c2ccccc2)C=C1. The molecular formula is C14H13NO2. The first-order valence-electron chi connectivity index (χ1n) is 5.32. The van der Waals surface area contributed by atoms with Gasteiger partial charge in [0, 0.05) is 11.8 Å². The molecule has 3 heteroatoms. The lowest BCUT2D eigenvalue weighted by Crippen LogP contribution is -2.13. The Bertz CT molecular complexity index is 512. The number of rotatable bonds is 2. The number of carbonyl (C=O) groups is 1. The highest BCUT2D eigenvalue weighted by atomic mass is 16.5. The van der Waals surface area contributed by atoms with Crippen LogP contribution in [0.4, 0.5) is 5.69 Å². The summed E-state index contributed by atoms with van der Waals surface area (Å²) in [6.07, 6.45) is 6.50. The summed E-state index contributed by atoms with van der Waals surface area (Å²) in [4.78, 5) is 11.6. The number of nitrogens with zero attached hydrogens (tertiary/aromatic N) is 1. The number of ketones is 1. The van der Waals surface area contributed by atoms with Gasteiger partial charge in [-0.2, -0.15) is 0 Å². The highest BCUT2D eigenvalue weighted by Crippen LogP contribution is 2.16. The second-order valence-electron chi connectivity index (χ2n) is 3.85. The zero-order valence-electron chi connectivity index (χ0n) is 9.50. The maximum absolute atomic E-state index is 11.6. The monoisotopic (exact) mass is 227 g/mol. The molecule has 0 bridgehead atoms. The molecule has 1 aliphatic carbocycles. The zero-order valence-corrected chi connectivity index (χ0v) is 9.50. The molecule has 0 unspecified atom stereocenters. The van der Waals surface area contributed by atoms with E-state index in [9.17, 15) is 10.0 Å². The van der Waals surface area contributed by atoms with Gasteiger partial charge in [0.2, 0.25) is 0 Å². The van der Waals surface area contributed by atoms with Crippen molar-refractivity contribution in [2.75, 3.05) is 5.06 Å². The average molecular weight is 227 g/mol. The maximum Gasteiger partial charge on any atom is 0.187 e. The largest absolute Gasteiger partial charge is 0.289 e. The fourth-order valence-corrected chi connectivity index (χ4v) is 1.54. The Balaban J connectivity index is 2.21. The van der Waals surface area contributed by atoms with Gasteiger partial charge in [-0.15, -0.1) is 0 Å². The number of para-hydroxylation sites is 1. The number of allylic oxidation sites excluding steroid dienone is 5. The standard InChI is InChI=1S/C14H13NO2/c1-11-7-8-12(14(16)9-11)10-15(17)13-5-3-2-4-6-13/h2-10,17H,1H3. The van der Waals surface area contributed by atoms with E-state index in [1.165, 1.54) is 6.20 Å². The molecule has 1 aromatic carbocycles. The summed E-state index contributed by atoms with van der Waals surface area (Å²) in [5.41, 5.74) is 1.99. The van der Waals surface area contributed by atoms with Gasteiger partial charge in [0.25, 0.3) is 0 Å². The third-order valence-electron chi connectivity index (χ3n) is 2.45.